The van der Waals surface area contributed by atoms with E-state index in [1.807, 2.05) is 42.5 Å². The molecule has 3 aromatic rings. The molecule has 3 rings (SSSR count). The maximum atomic E-state index is 11.8. The molecular weight excluding hydrogens is 336 g/mol. The highest BCUT2D eigenvalue weighted by Gasteiger charge is 1.99. The minimum Gasteiger partial charge on any atom is -0.370 e. The molecule has 27 heavy (non-hydrogen) atoms. The van der Waals surface area contributed by atoms with Crippen molar-refractivity contribution in [3.63, 3.8) is 0 Å². The van der Waals surface area contributed by atoms with E-state index in [1.165, 1.54) is 5.56 Å². The lowest BCUT2D eigenvalue weighted by Gasteiger charge is -2.07. The van der Waals surface area contributed by atoms with Gasteiger partial charge < -0.3 is 15.6 Å². The minimum atomic E-state index is -0.00278. The lowest BCUT2D eigenvalue weighted by molar-refractivity contribution is 0.759. The summed E-state index contributed by atoms with van der Waals surface area (Å²) in [5.41, 5.74) is 10.3. The molecule has 0 amide bonds. The Kier molecular flexibility index (Phi) is 6.05. The van der Waals surface area contributed by atoms with Crippen LogP contribution in [0.2, 0.25) is 0 Å². The average molecular weight is 360 g/mol. The van der Waals surface area contributed by atoms with Gasteiger partial charge in [-0.15, -0.1) is 0 Å². The fourth-order valence-electron chi connectivity index (χ4n) is 2.73. The summed E-state index contributed by atoms with van der Waals surface area (Å²) in [7, 11) is 0. The number of anilines is 1. The number of guanidine groups is 1. The first kappa shape index (κ1) is 18.5. The number of hydrogen-bond acceptors (Lipinski definition) is 2. The molecule has 0 radical (unpaired) electrons. The van der Waals surface area contributed by atoms with Gasteiger partial charge in [0.25, 0.3) is 5.56 Å². The summed E-state index contributed by atoms with van der Waals surface area (Å²) in [6.45, 7) is 3.18. The number of nitrogens with zero attached hydrogens (tertiary/aromatic N) is 2. The predicted molar refractivity (Wildman–Crippen MR) is 111 cm³/mol. The van der Waals surface area contributed by atoms with Crippen molar-refractivity contribution in [2.75, 3.05) is 5.32 Å². The number of aryl methyl sites for hydroxylation is 1. The van der Waals surface area contributed by atoms with Gasteiger partial charge in [0.1, 0.15) is 0 Å². The van der Waals surface area contributed by atoms with Crippen LogP contribution in [-0.2, 0) is 19.5 Å². The van der Waals surface area contributed by atoms with E-state index in [1.54, 1.807) is 22.9 Å². The van der Waals surface area contributed by atoms with Crippen molar-refractivity contribution in [2.45, 2.75) is 26.4 Å². The zero-order valence-electron chi connectivity index (χ0n) is 15.4. The summed E-state index contributed by atoms with van der Waals surface area (Å²) in [5.74, 6) is 0.388. The Bertz CT molecular complexity index is 957. The van der Waals surface area contributed by atoms with E-state index in [0.717, 1.165) is 23.2 Å². The summed E-state index contributed by atoms with van der Waals surface area (Å²) in [6, 6.07) is 21.4. The summed E-state index contributed by atoms with van der Waals surface area (Å²) < 4.78 is 1.68. The molecule has 0 saturated heterocycles. The second-order valence-corrected chi connectivity index (χ2v) is 6.36. The van der Waals surface area contributed by atoms with E-state index in [9.17, 15) is 4.79 Å². The van der Waals surface area contributed by atoms with Gasteiger partial charge in [-0.2, -0.15) is 0 Å². The molecule has 3 N–H and O–H groups in total. The molecule has 0 aliphatic rings. The van der Waals surface area contributed by atoms with Crippen molar-refractivity contribution in [1.29, 1.82) is 0 Å². The first-order chi connectivity index (χ1) is 13.1. The zero-order valence-corrected chi connectivity index (χ0v) is 15.4. The normalized spacial score (nSPS) is 11.4. The second-order valence-electron chi connectivity index (χ2n) is 6.36. The van der Waals surface area contributed by atoms with Crippen molar-refractivity contribution in [2.24, 2.45) is 10.7 Å². The van der Waals surface area contributed by atoms with Gasteiger partial charge in [-0.1, -0.05) is 49.4 Å². The molecule has 2 aromatic carbocycles. The first-order valence-electron chi connectivity index (χ1n) is 9.03. The fourth-order valence-corrected chi connectivity index (χ4v) is 2.73. The molecule has 0 unspecified atom stereocenters. The topological polar surface area (TPSA) is 72.4 Å². The highest BCUT2D eigenvalue weighted by Crippen LogP contribution is 2.10. The van der Waals surface area contributed by atoms with Crippen LogP contribution in [-0.4, -0.2) is 10.5 Å². The molecular formula is C22H24N4O. The van der Waals surface area contributed by atoms with Crippen LogP contribution in [0.25, 0.3) is 0 Å². The van der Waals surface area contributed by atoms with Gasteiger partial charge in [0, 0.05) is 18.0 Å². The highest BCUT2D eigenvalue weighted by atomic mass is 16.1. The minimum absolute atomic E-state index is 0.00278. The van der Waals surface area contributed by atoms with Crippen molar-refractivity contribution >= 4 is 11.6 Å². The van der Waals surface area contributed by atoms with Crippen LogP contribution in [0.4, 0.5) is 5.69 Å². The fraction of sp³-hybridized carbons (Fsp3) is 0.182. The molecule has 0 aliphatic heterocycles. The summed E-state index contributed by atoms with van der Waals surface area (Å²) in [4.78, 5) is 16.2. The maximum Gasteiger partial charge on any atom is 0.250 e. The van der Waals surface area contributed by atoms with Gasteiger partial charge in [0.15, 0.2) is 5.96 Å². The van der Waals surface area contributed by atoms with E-state index in [4.69, 9.17) is 5.73 Å². The van der Waals surface area contributed by atoms with Crippen LogP contribution in [0, 0.1) is 0 Å². The van der Waals surface area contributed by atoms with Crippen molar-refractivity contribution in [3.8, 4) is 0 Å². The van der Waals surface area contributed by atoms with Crippen LogP contribution in [0.1, 0.15) is 23.6 Å². The van der Waals surface area contributed by atoms with Gasteiger partial charge in [-0.3, -0.25) is 4.79 Å². The number of hydrogen-bond donors (Lipinski definition) is 2. The van der Waals surface area contributed by atoms with E-state index >= 15 is 0 Å². The quantitative estimate of drug-likeness (QED) is 0.523. The van der Waals surface area contributed by atoms with Crippen molar-refractivity contribution in [3.05, 3.63) is 100.0 Å². The van der Waals surface area contributed by atoms with Gasteiger partial charge in [-0.05, 0) is 41.3 Å². The molecule has 0 atom stereocenters. The lowest BCUT2D eigenvalue weighted by Crippen LogP contribution is -2.22. The third-order valence-corrected chi connectivity index (χ3v) is 4.34. The number of aliphatic imine (C=N–C) groups is 1. The smallest absolute Gasteiger partial charge is 0.250 e. The van der Waals surface area contributed by atoms with Crippen LogP contribution in [0.15, 0.2) is 82.7 Å². The SMILES string of the molecule is CCc1ccc(NC(N)=NCc2ccc(Cn3ccccc3=O)cc2)cc1. The molecule has 0 aliphatic carbocycles. The Morgan fingerprint density at radius 3 is 2.30 bits per heavy atom. The zero-order chi connectivity index (χ0) is 19.1. The summed E-state index contributed by atoms with van der Waals surface area (Å²) in [6.07, 6.45) is 2.80. The predicted octanol–water partition coefficient (Wildman–Crippen LogP) is 3.39. The number of rotatable bonds is 6. The Morgan fingerprint density at radius 1 is 0.963 bits per heavy atom. The van der Waals surface area contributed by atoms with E-state index in [-0.39, 0.29) is 5.56 Å². The van der Waals surface area contributed by atoms with Crippen LogP contribution in [0.3, 0.4) is 0 Å². The number of aromatic nitrogens is 1. The first-order valence-corrected chi connectivity index (χ1v) is 9.03. The Labute approximate surface area is 159 Å². The van der Waals surface area contributed by atoms with Gasteiger partial charge in [-0.25, -0.2) is 4.99 Å². The number of benzene rings is 2. The molecule has 0 saturated carbocycles. The Morgan fingerprint density at radius 2 is 1.63 bits per heavy atom. The van der Waals surface area contributed by atoms with E-state index < -0.39 is 0 Å². The molecule has 5 heteroatoms. The molecule has 0 spiro atoms. The van der Waals surface area contributed by atoms with Gasteiger partial charge in [0.2, 0.25) is 0 Å². The largest absolute Gasteiger partial charge is 0.370 e. The molecule has 138 valence electrons. The molecule has 5 nitrogen and oxygen atoms in total. The van der Waals surface area contributed by atoms with Gasteiger partial charge >= 0.3 is 0 Å². The standard InChI is InChI=1S/C22H24N4O/c1-2-17-10-12-20(13-11-17)25-22(23)24-15-18-6-8-19(9-7-18)16-26-14-4-3-5-21(26)27/h3-14H,2,15-16H2,1H3,(H3,23,24,25). The lowest BCUT2D eigenvalue weighted by atomic mass is 10.1. The van der Waals surface area contributed by atoms with E-state index in [2.05, 4.69) is 29.4 Å². The third-order valence-electron chi connectivity index (χ3n) is 4.34. The number of pyridine rings is 1. The monoisotopic (exact) mass is 360 g/mol. The van der Waals surface area contributed by atoms with Gasteiger partial charge in [0.05, 0.1) is 13.1 Å². The summed E-state index contributed by atoms with van der Waals surface area (Å²) in [5, 5.41) is 3.10. The molecule has 1 heterocycles. The highest BCUT2D eigenvalue weighted by molar-refractivity contribution is 5.92. The maximum absolute atomic E-state index is 11.8. The summed E-state index contributed by atoms with van der Waals surface area (Å²) >= 11 is 0. The average Bonchev–Trinajstić information content (AvgIpc) is 2.70. The second kappa shape index (κ2) is 8.85. The number of nitrogens with one attached hydrogen (secondary N) is 1. The van der Waals surface area contributed by atoms with Crippen LogP contribution >= 0.6 is 0 Å². The van der Waals surface area contributed by atoms with Crippen molar-refractivity contribution < 1.29 is 0 Å². The van der Waals surface area contributed by atoms with E-state index in [0.29, 0.717) is 19.0 Å². The van der Waals surface area contributed by atoms with Crippen LogP contribution in [0.5, 0.6) is 0 Å². The molecule has 0 fully saturated rings. The third kappa shape index (κ3) is 5.31. The molecule has 0 bridgehead atoms. The Hall–Kier alpha value is -3.34. The number of nitrogens with two attached hydrogens (primary N) is 1. The van der Waals surface area contributed by atoms with Crippen LogP contribution < -0.4 is 16.6 Å². The molecule has 1 aromatic heterocycles. The Balaban J connectivity index is 1.58. The van der Waals surface area contributed by atoms with Crippen molar-refractivity contribution in [1.82, 2.24) is 4.57 Å².